The largest absolute Gasteiger partial charge is 0.379 e. The van der Waals surface area contributed by atoms with Crippen LogP contribution < -0.4 is 21.3 Å². The normalized spacial score (nSPS) is 19.5. The highest BCUT2D eigenvalue weighted by Crippen LogP contribution is 2.29. The van der Waals surface area contributed by atoms with Crippen molar-refractivity contribution in [3.63, 3.8) is 0 Å². The smallest absolute Gasteiger partial charge is 0.345 e. The Balaban J connectivity index is 1.51. The van der Waals surface area contributed by atoms with Crippen molar-refractivity contribution in [2.24, 2.45) is 0 Å². The number of amides is 4. The number of benzene rings is 2. The quantitative estimate of drug-likeness (QED) is 0.104. The van der Waals surface area contributed by atoms with Crippen molar-refractivity contribution < 1.29 is 60.5 Å². The molecule has 2 aromatic carbocycles. The molecule has 2 aliphatic heterocycles. The number of Topliss-reactive ketones (excluding diaryl/α,β-unsaturated/α-hetero) is 1. The van der Waals surface area contributed by atoms with Gasteiger partial charge < -0.3 is 40.2 Å². The van der Waals surface area contributed by atoms with Gasteiger partial charge in [-0.15, -0.1) is 0 Å². The number of ketones is 1. The van der Waals surface area contributed by atoms with Crippen LogP contribution in [0, 0.1) is 0 Å². The summed E-state index contributed by atoms with van der Waals surface area (Å²) >= 11 is 0. The first-order valence-corrected chi connectivity index (χ1v) is 16.9. The van der Waals surface area contributed by atoms with Gasteiger partial charge in [0.15, 0.2) is 5.78 Å². The first-order chi connectivity index (χ1) is 25.3. The van der Waals surface area contributed by atoms with Crippen molar-refractivity contribution in [1.29, 1.82) is 0 Å². The van der Waals surface area contributed by atoms with Gasteiger partial charge in [-0.1, -0.05) is 60.7 Å². The van der Waals surface area contributed by atoms with Crippen LogP contribution in [0.3, 0.4) is 0 Å². The number of hydrogen-bond donors (Lipinski definition) is 4. The Morgan fingerprint density at radius 3 is 1.58 bits per heavy atom. The highest BCUT2D eigenvalue weighted by molar-refractivity contribution is 5.99. The van der Waals surface area contributed by atoms with Gasteiger partial charge in [-0.2, -0.15) is 17.6 Å². The minimum Gasteiger partial charge on any atom is -0.379 e. The predicted octanol–water partition coefficient (Wildman–Crippen LogP) is 0.580. The lowest BCUT2D eigenvalue weighted by Crippen LogP contribution is -2.61. The van der Waals surface area contributed by atoms with Crippen LogP contribution in [0.15, 0.2) is 60.7 Å². The van der Waals surface area contributed by atoms with Crippen LogP contribution in [0.4, 0.5) is 17.6 Å². The van der Waals surface area contributed by atoms with E-state index in [9.17, 15) is 41.5 Å². The molecule has 5 atom stereocenters. The minimum absolute atomic E-state index is 0.0122. The maximum absolute atomic E-state index is 13.6. The third kappa shape index (κ3) is 13.8. The van der Waals surface area contributed by atoms with Gasteiger partial charge in [0.25, 0.3) is 0 Å². The molecule has 14 nitrogen and oxygen atoms in total. The Hall–Kier alpha value is -4.49. The Labute approximate surface area is 303 Å². The van der Waals surface area contributed by atoms with Crippen molar-refractivity contribution in [3.05, 3.63) is 71.8 Å². The summed E-state index contributed by atoms with van der Waals surface area (Å²) in [5.41, 5.74) is 0.0739. The van der Waals surface area contributed by atoms with Crippen molar-refractivity contribution in [1.82, 2.24) is 26.2 Å². The maximum atomic E-state index is 13.6. The molecule has 0 aromatic heterocycles. The number of rotatable bonds is 21. The number of morpholine rings is 1. The summed E-state index contributed by atoms with van der Waals surface area (Å²) in [6.07, 6.45) is -0.0694. The van der Waals surface area contributed by atoms with Crippen LogP contribution >= 0.6 is 0 Å². The lowest BCUT2D eigenvalue weighted by Gasteiger charge is -2.28. The number of alkyl halides is 4. The van der Waals surface area contributed by atoms with Crippen molar-refractivity contribution >= 4 is 29.4 Å². The number of nitrogens with zero attached hydrogens (tertiary/aromatic N) is 1. The molecule has 0 aliphatic carbocycles. The lowest BCUT2D eigenvalue weighted by atomic mass is 9.94. The molecular weight excluding hydrogens is 710 g/mol. The molecule has 0 bridgehead atoms. The molecule has 0 unspecified atom stereocenters. The van der Waals surface area contributed by atoms with Gasteiger partial charge in [-0.05, 0) is 24.5 Å². The van der Waals surface area contributed by atoms with E-state index in [1.54, 1.807) is 60.7 Å². The molecule has 53 heavy (non-hydrogen) atoms. The van der Waals surface area contributed by atoms with Crippen LogP contribution in [0.1, 0.15) is 18.1 Å². The van der Waals surface area contributed by atoms with E-state index >= 15 is 0 Å². The monoisotopic (exact) mass is 753 g/mol. The van der Waals surface area contributed by atoms with E-state index in [4.69, 9.17) is 9.47 Å². The molecule has 2 aromatic rings. The van der Waals surface area contributed by atoms with Crippen LogP contribution in [0.25, 0.3) is 0 Å². The second-order valence-corrected chi connectivity index (χ2v) is 12.6. The molecule has 2 aliphatic rings. The van der Waals surface area contributed by atoms with E-state index in [1.165, 1.54) is 6.92 Å². The topological polar surface area (TPSA) is 177 Å². The fourth-order valence-corrected chi connectivity index (χ4v) is 5.46. The zero-order valence-corrected chi connectivity index (χ0v) is 28.9. The molecule has 4 amide bonds. The Morgan fingerprint density at radius 1 is 0.698 bits per heavy atom. The molecule has 0 radical (unpaired) electrons. The number of carbonyl (C=O) groups excluding carboxylic acids is 5. The van der Waals surface area contributed by atoms with Gasteiger partial charge in [-0.3, -0.25) is 28.9 Å². The zero-order chi connectivity index (χ0) is 38.4. The van der Waals surface area contributed by atoms with Crippen LogP contribution in [0.2, 0.25) is 0 Å². The first kappa shape index (κ1) is 41.3. The zero-order valence-electron chi connectivity index (χ0n) is 28.9. The van der Waals surface area contributed by atoms with E-state index in [2.05, 4.69) is 30.7 Å². The Bertz CT molecular complexity index is 1520. The summed E-state index contributed by atoms with van der Waals surface area (Å²) in [5.74, 6) is -4.39. The third-order valence-electron chi connectivity index (χ3n) is 8.46. The van der Waals surface area contributed by atoms with Gasteiger partial charge in [0, 0.05) is 19.5 Å². The average Bonchev–Trinajstić information content (AvgIpc) is 3.89. The number of halogens is 4. The van der Waals surface area contributed by atoms with Crippen molar-refractivity contribution in [2.45, 2.75) is 62.8 Å². The molecule has 0 saturated carbocycles. The lowest BCUT2D eigenvalue weighted by molar-refractivity contribution is -0.154. The predicted molar refractivity (Wildman–Crippen MR) is 179 cm³/mol. The molecule has 2 saturated heterocycles. The van der Waals surface area contributed by atoms with E-state index in [-0.39, 0.29) is 26.0 Å². The van der Waals surface area contributed by atoms with E-state index in [1.807, 2.05) is 4.90 Å². The highest BCUT2D eigenvalue weighted by atomic mass is 19.3. The van der Waals surface area contributed by atoms with E-state index in [0.717, 1.165) is 0 Å². The van der Waals surface area contributed by atoms with Gasteiger partial charge in [0.2, 0.25) is 23.6 Å². The fraction of sp³-hybridized carbons (Fsp3) is 0.514. The average molecular weight is 754 g/mol. The summed E-state index contributed by atoms with van der Waals surface area (Å²) in [6.45, 7) is -5.63. The van der Waals surface area contributed by atoms with Crippen LogP contribution in [-0.2, 0) is 55.8 Å². The molecule has 2 fully saturated rings. The summed E-state index contributed by atoms with van der Waals surface area (Å²) in [5, 5.41) is 9.52. The number of hydrogen-bond acceptors (Lipinski definition) is 10. The molecule has 4 rings (SSSR count). The summed E-state index contributed by atoms with van der Waals surface area (Å²) in [4.78, 5) is 68.8. The van der Waals surface area contributed by atoms with Gasteiger partial charge >= 0.3 is 13.2 Å². The SMILES string of the molecule is C[C@@]1(C(=O)[C@H](Cc2ccccc2)NC(=O)[C@H](COC(F)F)NC(=O)[C@H](COC(F)F)NC(=O)[C@H](Cc2ccccc2)NC(=O)CN2CCOCC2)CO1. The highest BCUT2D eigenvalue weighted by Gasteiger charge is 2.50. The first-order valence-electron chi connectivity index (χ1n) is 16.9. The standard InChI is InChI=1S/C35H43F4N5O9/c1-35(21-53-35)29(46)24(16-22-8-4-2-5-9-22)41-31(48)26(19-51-33(36)37)43-32(49)27(20-52-34(38)39)42-30(47)25(17-23-10-6-3-7-11-23)40-28(45)18-44-12-14-50-15-13-44/h2-11,24-27,33-34H,12-21H2,1H3,(H,40,45)(H,41,48)(H,42,47)(H,43,49)/t24-,25-,26-,27-,35-/m0/s1. The summed E-state index contributed by atoms with van der Waals surface area (Å²) < 4.78 is 71.9. The van der Waals surface area contributed by atoms with Gasteiger partial charge in [-0.25, -0.2) is 0 Å². The fourth-order valence-electron chi connectivity index (χ4n) is 5.46. The summed E-state index contributed by atoms with van der Waals surface area (Å²) in [6, 6.07) is 10.8. The van der Waals surface area contributed by atoms with E-state index < -0.39 is 85.6 Å². The molecule has 2 heterocycles. The Morgan fingerprint density at radius 2 is 1.13 bits per heavy atom. The van der Waals surface area contributed by atoms with Gasteiger partial charge in [0.05, 0.1) is 45.6 Å². The van der Waals surface area contributed by atoms with Crippen molar-refractivity contribution in [2.75, 3.05) is 52.7 Å². The second-order valence-electron chi connectivity index (χ2n) is 12.6. The molecule has 290 valence electrons. The Kier molecular flexibility index (Phi) is 15.6. The van der Waals surface area contributed by atoms with Crippen LogP contribution in [-0.4, -0.2) is 130 Å². The number of ether oxygens (including phenoxy) is 4. The molecular formula is C35H43F4N5O9. The second kappa shape index (κ2) is 20.1. The number of nitrogens with one attached hydrogen (secondary N) is 4. The van der Waals surface area contributed by atoms with Crippen LogP contribution in [0.5, 0.6) is 0 Å². The molecule has 18 heteroatoms. The number of carbonyl (C=O) groups is 5. The minimum atomic E-state index is -3.38. The van der Waals surface area contributed by atoms with Gasteiger partial charge in [0.1, 0.15) is 23.7 Å². The summed E-state index contributed by atoms with van der Waals surface area (Å²) in [7, 11) is 0. The van der Waals surface area contributed by atoms with E-state index in [0.29, 0.717) is 37.4 Å². The number of epoxide rings is 1. The maximum Gasteiger partial charge on any atom is 0.345 e. The molecule has 0 spiro atoms. The van der Waals surface area contributed by atoms with Crippen molar-refractivity contribution in [3.8, 4) is 0 Å². The third-order valence-corrected chi connectivity index (χ3v) is 8.46. The molecule has 4 N–H and O–H groups in total.